The van der Waals surface area contributed by atoms with Crippen molar-refractivity contribution in [3.05, 3.63) is 35.4 Å². The van der Waals surface area contributed by atoms with E-state index in [1.807, 2.05) is 0 Å². The molecule has 194 valence electrons. The smallest absolute Gasteiger partial charge is 0.251 e. The number of rotatable bonds is 20. The van der Waals surface area contributed by atoms with Crippen LogP contribution in [-0.2, 0) is 0 Å². The molecule has 34 heavy (non-hydrogen) atoms. The van der Waals surface area contributed by atoms with Crippen molar-refractivity contribution in [3.8, 4) is 0 Å². The molecule has 0 aromatic heterocycles. The van der Waals surface area contributed by atoms with E-state index in [-0.39, 0.29) is 11.8 Å². The van der Waals surface area contributed by atoms with Gasteiger partial charge in [0, 0.05) is 37.3 Å². The van der Waals surface area contributed by atoms with E-state index in [4.69, 9.17) is 0 Å². The lowest BCUT2D eigenvalue weighted by molar-refractivity contribution is 0.0936. The molecule has 0 aliphatic carbocycles. The van der Waals surface area contributed by atoms with Gasteiger partial charge in [0.2, 0.25) is 0 Å². The van der Waals surface area contributed by atoms with Gasteiger partial charge in [-0.3, -0.25) is 9.59 Å². The van der Waals surface area contributed by atoms with Crippen LogP contribution in [0.2, 0.25) is 0 Å². The Labute approximate surface area is 208 Å². The van der Waals surface area contributed by atoms with E-state index in [0.29, 0.717) is 24.2 Å². The summed E-state index contributed by atoms with van der Waals surface area (Å²) in [6.45, 7) is 16.2. The molecule has 0 aliphatic rings. The summed E-state index contributed by atoms with van der Waals surface area (Å²) in [7, 11) is 0. The average molecular weight is 475 g/mol. The molecule has 0 bridgehead atoms. The molecule has 1 rings (SSSR count). The van der Waals surface area contributed by atoms with E-state index in [0.717, 1.165) is 39.3 Å². The van der Waals surface area contributed by atoms with E-state index in [9.17, 15) is 9.59 Å². The highest BCUT2D eigenvalue weighted by Gasteiger charge is 2.11. The lowest BCUT2D eigenvalue weighted by Crippen LogP contribution is -2.36. The molecule has 6 nitrogen and oxygen atoms in total. The molecule has 0 unspecified atom stereocenters. The molecule has 0 radical (unpaired) electrons. The van der Waals surface area contributed by atoms with E-state index >= 15 is 0 Å². The predicted molar refractivity (Wildman–Crippen MR) is 144 cm³/mol. The van der Waals surface area contributed by atoms with Gasteiger partial charge >= 0.3 is 0 Å². The van der Waals surface area contributed by atoms with E-state index < -0.39 is 0 Å². The van der Waals surface area contributed by atoms with Crippen LogP contribution in [0.5, 0.6) is 0 Å². The maximum atomic E-state index is 12.5. The Morgan fingerprint density at radius 3 is 1.12 bits per heavy atom. The fraction of sp³-hybridized carbons (Fsp3) is 0.714. The average Bonchev–Trinajstić information content (AvgIpc) is 2.86. The van der Waals surface area contributed by atoms with Gasteiger partial charge in [0.15, 0.2) is 0 Å². The lowest BCUT2D eigenvalue weighted by atomic mass is 10.1. The Hall–Kier alpha value is -1.92. The van der Waals surface area contributed by atoms with E-state index in [1.54, 1.807) is 24.3 Å². The zero-order valence-electron chi connectivity index (χ0n) is 22.3. The van der Waals surface area contributed by atoms with Crippen LogP contribution in [0.1, 0.15) is 99.8 Å². The second-order valence-electron chi connectivity index (χ2n) is 9.19. The zero-order valence-corrected chi connectivity index (χ0v) is 22.3. The summed E-state index contributed by atoms with van der Waals surface area (Å²) in [6, 6.07) is 6.96. The van der Waals surface area contributed by atoms with E-state index in [2.05, 4.69) is 48.1 Å². The minimum atomic E-state index is -0.0830. The number of nitrogens with zero attached hydrogens (tertiary/aromatic N) is 2. The molecule has 0 heterocycles. The summed E-state index contributed by atoms with van der Waals surface area (Å²) in [5.74, 6) is -0.166. The van der Waals surface area contributed by atoms with Crippen LogP contribution in [0.3, 0.4) is 0 Å². The Morgan fingerprint density at radius 2 is 0.853 bits per heavy atom. The Morgan fingerprint density at radius 1 is 0.559 bits per heavy atom. The maximum absolute atomic E-state index is 12.5. The van der Waals surface area contributed by atoms with Crippen molar-refractivity contribution in [2.24, 2.45) is 0 Å². The maximum Gasteiger partial charge on any atom is 0.251 e. The third-order valence-electron chi connectivity index (χ3n) is 6.15. The molecule has 0 saturated carbocycles. The van der Waals surface area contributed by atoms with Crippen molar-refractivity contribution in [1.29, 1.82) is 0 Å². The SMILES string of the molecule is CCCCN(CCCC)CCNC(=O)c1ccc(C(=O)NCCN(CCCC)CCCC)cc1. The normalized spacial score (nSPS) is 11.2. The first-order chi connectivity index (χ1) is 16.5. The first kappa shape index (κ1) is 30.1. The van der Waals surface area contributed by atoms with Gasteiger partial charge in [-0.1, -0.05) is 53.4 Å². The van der Waals surface area contributed by atoms with Crippen LogP contribution in [0.15, 0.2) is 24.3 Å². The molecule has 6 heteroatoms. The van der Waals surface area contributed by atoms with Crippen molar-refractivity contribution >= 4 is 11.8 Å². The molecule has 2 amide bonds. The van der Waals surface area contributed by atoms with Gasteiger partial charge in [0.1, 0.15) is 0 Å². The number of benzene rings is 1. The van der Waals surface area contributed by atoms with Crippen LogP contribution in [0, 0.1) is 0 Å². The van der Waals surface area contributed by atoms with Gasteiger partial charge < -0.3 is 20.4 Å². The molecule has 0 saturated heterocycles. The fourth-order valence-electron chi connectivity index (χ4n) is 3.83. The van der Waals surface area contributed by atoms with E-state index in [1.165, 1.54) is 51.4 Å². The first-order valence-electron chi connectivity index (χ1n) is 13.7. The topological polar surface area (TPSA) is 64.7 Å². The first-order valence-corrected chi connectivity index (χ1v) is 13.7. The van der Waals surface area contributed by atoms with Gasteiger partial charge in [-0.2, -0.15) is 0 Å². The van der Waals surface area contributed by atoms with Gasteiger partial charge in [-0.05, 0) is 76.1 Å². The van der Waals surface area contributed by atoms with Crippen LogP contribution in [0.25, 0.3) is 0 Å². The number of nitrogens with one attached hydrogen (secondary N) is 2. The molecule has 1 aromatic rings. The molecule has 0 atom stereocenters. The number of amides is 2. The van der Waals surface area contributed by atoms with Gasteiger partial charge in [-0.25, -0.2) is 0 Å². The summed E-state index contributed by atoms with van der Waals surface area (Å²) in [5.41, 5.74) is 1.19. The van der Waals surface area contributed by atoms with Crippen molar-refractivity contribution < 1.29 is 9.59 Å². The van der Waals surface area contributed by atoms with Crippen LogP contribution in [-0.4, -0.2) is 74.0 Å². The fourth-order valence-corrected chi connectivity index (χ4v) is 3.83. The molecule has 1 aromatic carbocycles. The van der Waals surface area contributed by atoms with Crippen molar-refractivity contribution in [1.82, 2.24) is 20.4 Å². The van der Waals surface area contributed by atoms with Gasteiger partial charge in [0.05, 0.1) is 0 Å². The summed E-state index contributed by atoms with van der Waals surface area (Å²) in [6.07, 6.45) is 9.51. The summed E-state index contributed by atoms with van der Waals surface area (Å²) in [4.78, 5) is 29.9. The van der Waals surface area contributed by atoms with Crippen LogP contribution in [0.4, 0.5) is 0 Å². The quantitative estimate of drug-likeness (QED) is 0.281. The highest BCUT2D eigenvalue weighted by Crippen LogP contribution is 2.05. The minimum Gasteiger partial charge on any atom is -0.351 e. The van der Waals surface area contributed by atoms with Crippen molar-refractivity contribution in [2.45, 2.75) is 79.1 Å². The van der Waals surface area contributed by atoms with Crippen LogP contribution < -0.4 is 10.6 Å². The zero-order chi connectivity index (χ0) is 25.0. The highest BCUT2D eigenvalue weighted by molar-refractivity contribution is 5.97. The van der Waals surface area contributed by atoms with Crippen molar-refractivity contribution in [2.75, 3.05) is 52.4 Å². The van der Waals surface area contributed by atoms with Crippen molar-refractivity contribution in [3.63, 3.8) is 0 Å². The van der Waals surface area contributed by atoms with Gasteiger partial charge in [-0.15, -0.1) is 0 Å². The summed E-state index contributed by atoms with van der Waals surface area (Å²) >= 11 is 0. The highest BCUT2D eigenvalue weighted by atomic mass is 16.2. The second kappa shape index (κ2) is 19.4. The molecule has 0 spiro atoms. The predicted octanol–water partition coefficient (Wildman–Crippen LogP) is 4.95. The number of carbonyl (C=O) groups is 2. The number of carbonyl (C=O) groups excluding carboxylic acids is 2. The monoisotopic (exact) mass is 474 g/mol. The Bertz CT molecular complexity index is 590. The molecule has 2 N–H and O–H groups in total. The minimum absolute atomic E-state index is 0.0830. The third-order valence-corrected chi connectivity index (χ3v) is 6.15. The standard InChI is InChI=1S/C28H50N4O2/c1-5-9-19-31(20-10-6-2)23-17-29-27(33)25-13-15-26(16-14-25)28(34)30-18-24-32(21-11-7-3)22-12-8-4/h13-16H,5-12,17-24H2,1-4H3,(H,29,33)(H,30,34). The summed E-state index contributed by atoms with van der Waals surface area (Å²) in [5, 5.41) is 6.05. The largest absolute Gasteiger partial charge is 0.351 e. The second-order valence-corrected chi connectivity index (χ2v) is 9.19. The molecular formula is C28H50N4O2. The molecular weight excluding hydrogens is 424 g/mol. The number of hydrogen-bond donors (Lipinski definition) is 2. The molecule has 0 aliphatic heterocycles. The third kappa shape index (κ3) is 13.1. The van der Waals surface area contributed by atoms with Gasteiger partial charge in [0.25, 0.3) is 11.8 Å². The lowest BCUT2D eigenvalue weighted by Gasteiger charge is -2.22. The number of unbranched alkanes of at least 4 members (excludes halogenated alkanes) is 4. The molecule has 0 fully saturated rings. The Balaban J connectivity index is 2.44. The van der Waals surface area contributed by atoms with Crippen LogP contribution >= 0.6 is 0 Å². The number of hydrogen-bond acceptors (Lipinski definition) is 4. The Kier molecular flexibility index (Phi) is 17.2. The summed E-state index contributed by atoms with van der Waals surface area (Å²) < 4.78 is 0.